The van der Waals surface area contributed by atoms with E-state index in [1.807, 2.05) is 25.2 Å². The van der Waals surface area contributed by atoms with Crippen LogP contribution in [0.3, 0.4) is 0 Å². The van der Waals surface area contributed by atoms with Crippen LogP contribution in [0, 0.1) is 0 Å². The van der Waals surface area contributed by atoms with Crippen LogP contribution in [-0.2, 0) is 6.54 Å². The highest BCUT2D eigenvalue weighted by Gasteiger charge is 2.18. The zero-order chi connectivity index (χ0) is 11.4. The highest BCUT2D eigenvalue weighted by molar-refractivity contribution is 5.31. The van der Waals surface area contributed by atoms with Crippen molar-refractivity contribution < 1.29 is 5.11 Å². The molecule has 1 heterocycles. The summed E-state index contributed by atoms with van der Waals surface area (Å²) in [6.07, 6.45) is 2.49. The van der Waals surface area contributed by atoms with Gasteiger partial charge in [0.2, 0.25) is 0 Å². The summed E-state index contributed by atoms with van der Waals surface area (Å²) < 4.78 is 0. The number of piperidine rings is 1. The Balaban J connectivity index is 1.97. The van der Waals surface area contributed by atoms with E-state index in [9.17, 15) is 5.11 Å². The van der Waals surface area contributed by atoms with E-state index in [0.717, 1.165) is 25.2 Å². The summed E-state index contributed by atoms with van der Waals surface area (Å²) in [5.74, 6) is 0.411. The minimum atomic E-state index is 0.411. The average Bonchev–Trinajstić information content (AvgIpc) is 2.32. The Morgan fingerprint density at radius 1 is 1.44 bits per heavy atom. The number of para-hydroxylation sites is 1. The molecule has 3 heteroatoms. The van der Waals surface area contributed by atoms with E-state index in [-0.39, 0.29) is 0 Å². The van der Waals surface area contributed by atoms with Gasteiger partial charge in [-0.25, -0.2) is 0 Å². The van der Waals surface area contributed by atoms with Crippen molar-refractivity contribution in [2.75, 3.05) is 20.1 Å². The molecule has 0 aromatic heterocycles. The number of benzene rings is 1. The van der Waals surface area contributed by atoms with Crippen molar-refractivity contribution in [3.63, 3.8) is 0 Å². The summed E-state index contributed by atoms with van der Waals surface area (Å²) in [5.41, 5.74) is 1.03. The Labute approximate surface area is 97.1 Å². The third kappa shape index (κ3) is 2.74. The lowest BCUT2D eigenvalue weighted by molar-refractivity contribution is 0.186. The second kappa shape index (κ2) is 5.32. The number of nitrogens with one attached hydrogen (secondary N) is 1. The van der Waals surface area contributed by atoms with Crippen molar-refractivity contribution in [2.24, 2.45) is 0 Å². The smallest absolute Gasteiger partial charge is 0.120 e. The lowest BCUT2D eigenvalue weighted by Crippen LogP contribution is -2.43. The zero-order valence-corrected chi connectivity index (χ0v) is 9.82. The minimum absolute atomic E-state index is 0.411. The van der Waals surface area contributed by atoms with Crippen LogP contribution in [0.2, 0.25) is 0 Å². The lowest BCUT2D eigenvalue weighted by Gasteiger charge is -2.32. The Morgan fingerprint density at radius 3 is 3.00 bits per heavy atom. The Morgan fingerprint density at radius 2 is 2.25 bits per heavy atom. The molecule has 88 valence electrons. The highest BCUT2D eigenvalue weighted by Crippen LogP contribution is 2.20. The van der Waals surface area contributed by atoms with Gasteiger partial charge in [0, 0.05) is 24.7 Å². The van der Waals surface area contributed by atoms with E-state index in [1.54, 1.807) is 6.07 Å². The maximum atomic E-state index is 9.72. The first-order valence-electron chi connectivity index (χ1n) is 5.96. The van der Waals surface area contributed by atoms with Crippen molar-refractivity contribution in [1.82, 2.24) is 10.2 Å². The van der Waals surface area contributed by atoms with Gasteiger partial charge in [-0.3, -0.25) is 4.90 Å². The first-order valence-corrected chi connectivity index (χ1v) is 5.96. The number of hydrogen-bond acceptors (Lipinski definition) is 3. The number of likely N-dealkylation sites (N-methyl/N-ethyl adjacent to an activating group) is 1. The third-order valence-electron chi connectivity index (χ3n) is 3.30. The molecule has 1 fully saturated rings. The molecule has 1 aromatic carbocycles. The third-order valence-corrected chi connectivity index (χ3v) is 3.30. The summed E-state index contributed by atoms with van der Waals surface area (Å²) in [6.45, 7) is 3.06. The van der Waals surface area contributed by atoms with Crippen LogP contribution in [0.15, 0.2) is 24.3 Å². The van der Waals surface area contributed by atoms with Gasteiger partial charge in [0.1, 0.15) is 5.75 Å². The van der Waals surface area contributed by atoms with Crippen LogP contribution >= 0.6 is 0 Å². The number of hydrogen-bond donors (Lipinski definition) is 2. The molecule has 16 heavy (non-hydrogen) atoms. The maximum absolute atomic E-state index is 9.72. The van der Waals surface area contributed by atoms with Gasteiger partial charge in [-0.1, -0.05) is 18.2 Å². The fourth-order valence-electron chi connectivity index (χ4n) is 2.32. The van der Waals surface area contributed by atoms with Gasteiger partial charge in [0.15, 0.2) is 0 Å². The average molecular weight is 220 g/mol. The molecule has 1 aromatic rings. The minimum Gasteiger partial charge on any atom is -0.508 e. The fraction of sp³-hybridized carbons (Fsp3) is 0.538. The summed E-state index contributed by atoms with van der Waals surface area (Å²) >= 11 is 0. The molecule has 0 saturated carbocycles. The van der Waals surface area contributed by atoms with E-state index in [1.165, 1.54) is 12.8 Å². The zero-order valence-electron chi connectivity index (χ0n) is 9.82. The monoisotopic (exact) mass is 220 g/mol. The normalized spacial score (nSPS) is 22.2. The molecule has 3 nitrogen and oxygen atoms in total. The highest BCUT2D eigenvalue weighted by atomic mass is 16.3. The molecule has 0 radical (unpaired) electrons. The molecular weight excluding hydrogens is 200 g/mol. The molecule has 0 aliphatic carbocycles. The van der Waals surface area contributed by atoms with Crippen molar-refractivity contribution in [1.29, 1.82) is 0 Å². The van der Waals surface area contributed by atoms with Crippen molar-refractivity contribution in [3.8, 4) is 5.75 Å². The van der Waals surface area contributed by atoms with Gasteiger partial charge in [-0.15, -0.1) is 0 Å². The predicted molar refractivity (Wildman–Crippen MR) is 65.5 cm³/mol. The van der Waals surface area contributed by atoms with Gasteiger partial charge >= 0.3 is 0 Å². The molecule has 0 spiro atoms. The fourth-order valence-corrected chi connectivity index (χ4v) is 2.32. The van der Waals surface area contributed by atoms with Crippen LogP contribution < -0.4 is 5.32 Å². The largest absolute Gasteiger partial charge is 0.508 e. The van der Waals surface area contributed by atoms with E-state index >= 15 is 0 Å². The SMILES string of the molecule is CNC1CCCN(Cc2ccccc2O)C1. The molecule has 2 rings (SSSR count). The Hall–Kier alpha value is -1.06. The second-order valence-electron chi connectivity index (χ2n) is 4.49. The summed E-state index contributed by atoms with van der Waals surface area (Å²) in [6, 6.07) is 8.20. The van der Waals surface area contributed by atoms with Crippen molar-refractivity contribution in [3.05, 3.63) is 29.8 Å². The molecular formula is C13H20N2O. The number of rotatable bonds is 3. The molecule has 2 N–H and O–H groups in total. The van der Waals surface area contributed by atoms with Crippen molar-refractivity contribution >= 4 is 0 Å². The van der Waals surface area contributed by atoms with E-state index in [0.29, 0.717) is 11.8 Å². The molecule has 1 aliphatic rings. The summed E-state index contributed by atoms with van der Waals surface area (Å²) in [7, 11) is 2.02. The maximum Gasteiger partial charge on any atom is 0.120 e. The first-order chi connectivity index (χ1) is 7.79. The molecule has 1 saturated heterocycles. The van der Waals surface area contributed by atoms with Gasteiger partial charge in [-0.05, 0) is 32.5 Å². The lowest BCUT2D eigenvalue weighted by atomic mass is 10.0. The second-order valence-corrected chi connectivity index (χ2v) is 4.49. The van der Waals surface area contributed by atoms with Gasteiger partial charge in [0.25, 0.3) is 0 Å². The Bertz CT molecular complexity index is 340. The van der Waals surface area contributed by atoms with E-state index < -0.39 is 0 Å². The van der Waals surface area contributed by atoms with Gasteiger partial charge < -0.3 is 10.4 Å². The first kappa shape index (κ1) is 11.4. The summed E-state index contributed by atoms with van der Waals surface area (Å²) in [4.78, 5) is 2.40. The Kier molecular flexibility index (Phi) is 3.80. The van der Waals surface area contributed by atoms with Crippen LogP contribution in [0.4, 0.5) is 0 Å². The number of aromatic hydroxyl groups is 1. The predicted octanol–water partition coefficient (Wildman–Crippen LogP) is 1.58. The van der Waals surface area contributed by atoms with Crippen LogP contribution in [0.5, 0.6) is 5.75 Å². The van der Waals surface area contributed by atoms with Crippen molar-refractivity contribution in [2.45, 2.75) is 25.4 Å². The quantitative estimate of drug-likeness (QED) is 0.811. The van der Waals surface area contributed by atoms with Crippen LogP contribution in [0.25, 0.3) is 0 Å². The number of phenolic OH excluding ortho intramolecular Hbond substituents is 1. The summed E-state index contributed by atoms with van der Waals surface area (Å²) in [5, 5.41) is 13.1. The number of nitrogens with zero attached hydrogens (tertiary/aromatic N) is 1. The van der Waals surface area contributed by atoms with Crippen LogP contribution in [-0.4, -0.2) is 36.2 Å². The number of phenols is 1. The van der Waals surface area contributed by atoms with Crippen LogP contribution in [0.1, 0.15) is 18.4 Å². The van der Waals surface area contributed by atoms with E-state index in [2.05, 4.69) is 10.2 Å². The number of likely N-dealkylation sites (tertiary alicyclic amines) is 1. The molecule has 0 bridgehead atoms. The molecule has 0 amide bonds. The van der Waals surface area contributed by atoms with Gasteiger partial charge in [-0.2, -0.15) is 0 Å². The van der Waals surface area contributed by atoms with E-state index in [4.69, 9.17) is 0 Å². The standard InChI is InChI=1S/C13H20N2O/c1-14-12-6-4-8-15(10-12)9-11-5-2-3-7-13(11)16/h2-3,5,7,12,14,16H,4,6,8-10H2,1H3. The topological polar surface area (TPSA) is 35.5 Å². The molecule has 1 aliphatic heterocycles. The molecule has 1 unspecified atom stereocenters. The molecule has 1 atom stereocenters. The van der Waals surface area contributed by atoms with Gasteiger partial charge in [0.05, 0.1) is 0 Å².